The minimum atomic E-state index is -1.28. The Labute approximate surface area is 205 Å². The Morgan fingerprint density at radius 2 is 1.72 bits per heavy atom. The van der Waals surface area contributed by atoms with Crippen molar-refractivity contribution in [2.45, 2.75) is 0 Å². The van der Waals surface area contributed by atoms with Gasteiger partial charge in [-0.25, -0.2) is 13.2 Å². The Bertz CT molecular complexity index is 1280. The van der Waals surface area contributed by atoms with Crippen LogP contribution in [-0.4, -0.2) is 56.7 Å². The molecule has 1 aliphatic rings. The summed E-state index contributed by atoms with van der Waals surface area (Å²) in [5.74, 6) is -3.77. The van der Waals surface area contributed by atoms with Crippen LogP contribution < -0.4 is 15.4 Å². The van der Waals surface area contributed by atoms with E-state index in [-0.39, 0.29) is 40.5 Å². The van der Waals surface area contributed by atoms with E-state index >= 15 is 0 Å². The third-order valence-corrected chi connectivity index (χ3v) is 5.67. The van der Waals surface area contributed by atoms with Crippen LogP contribution in [0.15, 0.2) is 54.6 Å². The van der Waals surface area contributed by atoms with E-state index in [1.165, 1.54) is 55.6 Å². The number of halogens is 3. The van der Waals surface area contributed by atoms with E-state index < -0.39 is 23.4 Å². The average molecular weight is 499 g/mol. The smallest absolute Gasteiger partial charge is 0.255 e. The number of nitrogens with one attached hydrogen (secondary N) is 2. The zero-order chi connectivity index (χ0) is 25.7. The van der Waals surface area contributed by atoms with Gasteiger partial charge in [0.15, 0.2) is 11.6 Å². The summed E-state index contributed by atoms with van der Waals surface area (Å²) in [5, 5.41) is 5.06. The van der Waals surface area contributed by atoms with Crippen molar-refractivity contribution in [3.05, 3.63) is 77.6 Å². The molecule has 2 N–H and O–H groups in total. The molecule has 0 spiro atoms. The molecule has 0 bridgehead atoms. The number of carbonyl (C=O) groups is 2. The Kier molecular flexibility index (Phi) is 7.87. The van der Waals surface area contributed by atoms with Gasteiger partial charge in [0.25, 0.3) is 5.91 Å². The standard InChI is InChI=1S/C26H24F3N3O4/c1-35-22-8-5-17(14-21(22)30-23(33)15-32-9-11-36-12-10-32)26(34)31-20-7-6-19(24(28)25(20)29)16-3-2-4-18(27)13-16/h2-8,13-14H,9-12,15H2,1H3,(H,30,33)(H,31,34). The molecule has 0 unspecified atom stereocenters. The van der Waals surface area contributed by atoms with Crippen molar-refractivity contribution in [3.8, 4) is 16.9 Å². The molecule has 0 saturated carbocycles. The first-order chi connectivity index (χ1) is 17.4. The fourth-order valence-corrected chi connectivity index (χ4v) is 3.82. The van der Waals surface area contributed by atoms with Gasteiger partial charge >= 0.3 is 0 Å². The Hall–Kier alpha value is -3.89. The second-order valence-corrected chi connectivity index (χ2v) is 8.10. The summed E-state index contributed by atoms with van der Waals surface area (Å²) in [5.41, 5.74) is -0.00835. The van der Waals surface area contributed by atoms with Crippen LogP contribution in [0, 0.1) is 17.5 Å². The lowest BCUT2D eigenvalue weighted by molar-refractivity contribution is -0.118. The van der Waals surface area contributed by atoms with Gasteiger partial charge in [0.2, 0.25) is 5.91 Å². The van der Waals surface area contributed by atoms with Crippen molar-refractivity contribution in [3.63, 3.8) is 0 Å². The number of methoxy groups -OCH3 is 1. The summed E-state index contributed by atoms with van der Waals surface area (Å²) in [6.07, 6.45) is 0. The fourth-order valence-electron chi connectivity index (χ4n) is 3.82. The highest BCUT2D eigenvalue weighted by atomic mass is 19.2. The minimum absolute atomic E-state index is 0.0893. The number of anilines is 2. The average Bonchev–Trinajstić information content (AvgIpc) is 2.87. The molecule has 36 heavy (non-hydrogen) atoms. The summed E-state index contributed by atoms with van der Waals surface area (Å²) in [6.45, 7) is 2.50. The second kappa shape index (κ2) is 11.2. The number of ether oxygens (including phenoxy) is 2. The third-order valence-electron chi connectivity index (χ3n) is 5.67. The number of benzene rings is 3. The fraction of sp³-hybridized carbons (Fsp3) is 0.231. The molecule has 3 aromatic rings. The molecule has 188 valence electrons. The zero-order valence-corrected chi connectivity index (χ0v) is 19.4. The van der Waals surface area contributed by atoms with Crippen LogP contribution in [-0.2, 0) is 9.53 Å². The molecule has 7 nitrogen and oxygen atoms in total. The maximum Gasteiger partial charge on any atom is 0.255 e. The lowest BCUT2D eigenvalue weighted by Gasteiger charge is -2.26. The summed E-state index contributed by atoms with van der Waals surface area (Å²) >= 11 is 0. The van der Waals surface area contributed by atoms with Crippen LogP contribution in [0.2, 0.25) is 0 Å². The molecule has 0 aliphatic carbocycles. The number of nitrogens with zero attached hydrogens (tertiary/aromatic N) is 1. The van der Waals surface area contributed by atoms with Gasteiger partial charge in [0.1, 0.15) is 11.6 Å². The summed E-state index contributed by atoms with van der Waals surface area (Å²) < 4.78 is 53.5. The van der Waals surface area contributed by atoms with Gasteiger partial charge in [-0.2, -0.15) is 0 Å². The quantitative estimate of drug-likeness (QED) is 0.507. The SMILES string of the molecule is COc1ccc(C(=O)Nc2ccc(-c3cccc(F)c3)c(F)c2F)cc1NC(=O)CN1CCOCC1. The number of hydrogen-bond acceptors (Lipinski definition) is 5. The molecule has 3 aromatic carbocycles. The van der Waals surface area contributed by atoms with E-state index in [1.807, 2.05) is 4.90 Å². The number of morpholine rings is 1. The predicted molar refractivity (Wildman–Crippen MR) is 129 cm³/mol. The summed E-state index contributed by atoms with van der Waals surface area (Å²) in [7, 11) is 1.42. The monoisotopic (exact) mass is 499 g/mol. The van der Waals surface area contributed by atoms with Crippen molar-refractivity contribution in [2.75, 3.05) is 50.6 Å². The van der Waals surface area contributed by atoms with Gasteiger partial charge in [-0.05, 0) is 48.0 Å². The highest BCUT2D eigenvalue weighted by Crippen LogP contribution is 2.30. The van der Waals surface area contributed by atoms with Gasteiger partial charge in [-0.3, -0.25) is 14.5 Å². The molecule has 1 saturated heterocycles. The van der Waals surface area contributed by atoms with Crippen molar-refractivity contribution in [1.29, 1.82) is 0 Å². The summed E-state index contributed by atoms with van der Waals surface area (Å²) in [6, 6.07) is 11.9. The largest absolute Gasteiger partial charge is 0.495 e. The molecule has 0 radical (unpaired) electrons. The normalized spacial score (nSPS) is 13.8. The van der Waals surface area contributed by atoms with E-state index in [4.69, 9.17) is 9.47 Å². The van der Waals surface area contributed by atoms with E-state index in [1.54, 1.807) is 0 Å². The van der Waals surface area contributed by atoms with Crippen molar-refractivity contribution in [2.24, 2.45) is 0 Å². The molecule has 1 heterocycles. The topological polar surface area (TPSA) is 79.9 Å². The number of amides is 2. The van der Waals surface area contributed by atoms with Crippen molar-refractivity contribution < 1.29 is 32.2 Å². The Morgan fingerprint density at radius 3 is 2.44 bits per heavy atom. The molecule has 0 atom stereocenters. The number of carbonyl (C=O) groups excluding carboxylic acids is 2. The van der Waals surface area contributed by atoms with Gasteiger partial charge < -0.3 is 20.1 Å². The highest BCUT2D eigenvalue weighted by Gasteiger charge is 2.20. The molecule has 0 aromatic heterocycles. The van der Waals surface area contributed by atoms with E-state index in [0.29, 0.717) is 32.1 Å². The molecular formula is C26H24F3N3O4. The lowest BCUT2D eigenvalue weighted by Crippen LogP contribution is -2.41. The maximum atomic E-state index is 14.7. The molecule has 2 amide bonds. The van der Waals surface area contributed by atoms with Crippen LogP contribution in [0.5, 0.6) is 5.75 Å². The maximum absolute atomic E-state index is 14.7. The van der Waals surface area contributed by atoms with Crippen LogP contribution in [0.4, 0.5) is 24.5 Å². The van der Waals surface area contributed by atoms with Crippen LogP contribution in [0.3, 0.4) is 0 Å². The van der Waals surface area contributed by atoms with Gasteiger partial charge in [0, 0.05) is 24.2 Å². The first kappa shape index (κ1) is 25.2. The minimum Gasteiger partial charge on any atom is -0.495 e. The van der Waals surface area contributed by atoms with E-state index in [0.717, 1.165) is 6.07 Å². The van der Waals surface area contributed by atoms with Crippen LogP contribution >= 0.6 is 0 Å². The number of rotatable bonds is 7. The number of hydrogen-bond donors (Lipinski definition) is 2. The van der Waals surface area contributed by atoms with Crippen molar-refractivity contribution in [1.82, 2.24) is 4.90 Å². The van der Waals surface area contributed by atoms with Gasteiger partial charge in [-0.15, -0.1) is 0 Å². The lowest BCUT2D eigenvalue weighted by atomic mass is 10.0. The molecule has 1 fully saturated rings. The van der Waals surface area contributed by atoms with Crippen LogP contribution in [0.25, 0.3) is 11.1 Å². The molecule has 4 rings (SSSR count). The highest BCUT2D eigenvalue weighted by molar-refractivity contribution is 6.06. The Balaban J connectivity index is 1.50. The summed E-state index contributed by atoms with van der Waals surface area (Å²) in [4.78, 5) is 27.3. The van der Waals surface area contributed by atoms with Crippen LogP contribution in [0.1, 0.15) is 10.4 Å². The van der Waals surface area contributed by atoms with Crippen molar-refractivity contribution >= 4 is 23.2 Å². The zero-order valence-electron chi connectivity index (χ0n) is 19.4. The van der Waals surface area contributed by atoms with Gasteiger partial charge in [-0.1, -0.05) is 12.1 Å². The first-order valence-corrected chi connectivity index (χ1v) is 11.2. The molecular weight excluding hydrogens is 475 g/mol. The molecule has 1 aliphatic heterocycles. The first-order valence-electron chi connectivity index (χ1n) is 11.2. The van der Waals surface area contributed by atoms with E-state index in [9.17, 15) is 22.8 Å². The molecule has 10 heteroatoms. The Morgan fingerprint density at radius 1 is 0.944 bits per heavy atom. The predicted octanol–water partition coefficient (Wildman–Crippen LogP) is 4.30. The third kappa shape index (κ3) is 5.84. The van der Waals surface area contributed by atoms with Gasteiger partial charge in [0.05, 0.1) is 38.2 Å². The van der Waals surface area contributed by atoms with E-state index in [2.05, 4.69) is 10.6 Å². The second-order valence-electron chi connectivity index (χ2n) is 8.10.